The maximum Gasteiger partial charge on any atom is 0.237 e. The minimum atomic E-state index is -3.51. The lowest BCUT2D eigenvalue weighted by Crippen LogP contribution is -2.42. The summed E-state index contributed by atoms with van der Waals surface area (Å²) in [7, 11) is -3.51. The molecule has 2 heterocycles. The average molecular weight is 471 g/mol. The minimum Gasteiger partial charge on any atom is -0.343 e. The smallest absolute Gasteiger partial charge is 0.237 e. The molecule has 2 aliphatic rings. The van der Waals surface area contributed by atoms with E-state index in [0.29, 0.717) is 25.1 Å². The summed E-state index contributed by atoms with van der Waals surface area (Å²) in [5.41, 5.74) is 0.676. The SMILES string of the molecule is O=C(CC1CCN(C(=O)CS(=O)(=O)Cc2ccc(Br)cc2)CC1)N1CCCC1. The van der Waals surface area contributed by atoms with Crippen molar-refractivity contribution in [2.24, 2.45) is 5.92 Å². The first-order valence-corrected chi connectivity index (χ1v) is 12.4. The van der Waals surface area contributed by atoms with Gasteiger partial charge in [0.25, 0.3) is 0 Å². The third kappa shape index (κ3) is 6.04. The molecule has 2 saturated heterocycles. The van der Waals surface area contributed by atoms with Crippen LogP contribution < -0.4 is 0 Å². The standard InChI is InChI=1S/C20H27BrN2O4S/c21-18-5-3-17(4-6-18)14-28(26,27)15-20(25)23-11-7-16(8-12-23)13-19(24)22-9-1-2-10-22/h3-6,16H,1-2,7-15H2. The van der Waals surface area contributed by atoms with Crippen molar-refractivity contribution in [3.8, 4) is 0 Å². The Bertz CT molecular complexity index is 796. The summed E-state index contributed by atoms with van der Waals surface area (Å²) in [4.78, 5) is 28.3. The Kier molecular flexibility index (Phi) is 7.15. The Balaban J connectivity index is 1.45. The Labute approximate surface area is 175 Å². The van der Waals surface area contributed by atoms with Crippen LogP contribution in [0.5, 0.6) is 0 Å². The molecule has 0 atom stereocenters. The number of hydrogen-bond donors (Lipinski definition) is 0. The maximum absolute atomic E-state index is 12.5. The summed E-state index contributed by atoms with van der Waals surface area (Å²) >= 11 is 3.32. The highest BCUT2D eigenvalue weighted by molar-refractivity contribution is 9.10. The van der Waals surface area contributed by atoms with Crippen LogP contribution in [0.2, 0.25) is 0 Å². The van der Waals surface area contributed by atoms with Gasteiger partial charge in [0.05, 0.1) is 5.75 Å². The van der Waals surface area contributed by atoms with Gasteiger partial charge in [-0.2, -0.15) is 0 Å². The molecule has 1 aromatic carbocycles. The van der Waals surface area contributed by atoms with Crippen LogP contribution in [0.4, 0.5) is 0 Å². The topological polar surface area (TPSA) is 74.8 Å². The van der Waals surface area contributed by atoms with Gasteiger partial charge in [0.1, 0.15) is 5.75 Å². The van der Waals surface area contributed by atoms with Crippen molar-refractivity contribution in [2.75, 3.05) is 31.9 Å². The molecule has 2 fully saturated rings. The first-order valence-electron chi connectivity index (χ1n) is 9.83. The van der Waals surface area contributed by atoms with Gasteiger partial charge in [-0.25, -0.2) is 8.42 Å². The number of amides is 2. The van der Waals surface area contributed by atoms with Crippen molar-refractivity contribution >= 4 is 37.6 Å². The van der Waals surface area contributed by atoms with Crippen molar-refractivity contribution in [1.29, 1.82) is 0 Å². The zero-order valence-corrected chi connectivity index (χ0v) is 18.4. The molecule has 0 aromatic heterocycles. The van der Waals surface area contributed by atoms with E-state index in [-0.39, 0.29) is 23.5 Å². The monoisotopic (exact) mass is 470 g/mol. The third-order valence-corrected chi connectivity index (χ3v) is 7.52. The lowest BCUT2D eigenvalue weighted by Gasteiger charge is -2.32. The van der Waals surface area contributed by atoms with Gasteiger partial charge < -0.3 is 9.80 Å². The number of carbonyl (C=O) groups excluding carboxylic acids is 2. The lowest BCUT2D eigenvalue weighted by molar-refractivity contribution is -0.132. The zero-order chi connectivity index (χ0) is 20.1. The molecule has 8 heteroatoms. The Hall–Kier alpha value is -1.41. The van der Waals surface area contributed by atoms with Crippen LogP contribution in [0.15, 0.2) is 28.7 Å². The number of nitrogens with zero attached hydrogens (tertiary/aromatic N) is 2. The maximum atomic E-state index is 12.5. The molecule has 0 radical (unpaired) electrons. The summed E-state index contributed by atoms with van der Waals surface area (Å²) < 4.78 is 25.7. The van der Waals surface area contributed by atoms with Gasteiger partial charge in [-0.3, -0.25) is 9.59 Å². The van der Waals surface area contributed by atoms with Gasteiger partial charge in [0.15, 0.2) is 9.84 Å². The molecule has 0 spiro atoms. The normalized spacial score (nSPS) is 18.5. The van der Waals surface area contributed by atoms with Crippen LogP contribution in [-0.4, -0.2) is 62.0 Å². The van der Waals surface area contributed by atoms with E-state index < -0.39 is 15.6 Å². The summed E-state index contributed by atoms with van der Waals surface area (Å²) in [5, 5.41) is 0. The molecule has 0 bridgehead atoms. The predicted octanol–water partition coefficient (Wildman–Crippen LogP) is 2.62. The average Bonchev–Trinajstić information content (AvgIpc) is 3.18. The molecule has 0 aliphatic carbocycles. The predicted molar refractivity (Wildman–Crippen MR) is 111 cm³/mol. The Morgan fingerprint density at radius 2 is 1.50 bits per heavy atom. The Morgan fingerprint density at radius 1 is 0.929 bits per heavy atom. The van der Waals surface area contributed by atoms with Crippen molar-refractivity contribution in [3.05, 3.63) is 34.3 Å². The number of piperidine rings is 1. The molecule has 2 amide bonds. The van der Waals surface area contributed by atoms with Crippen molar-refractivity contribution in [1.82, 2.24) is 9.80 Å². The fourth-order valence-corrected chi connectivity index (χ4v) is 5.52. The highest BCUT2D eigenvalue weighted by atomic mass is 79.9. The van der Waals surface area contributed by atoms with Gasteiger partial charge in [-0.1, -0.05) is 28.1 Å². The molecule has 28 heavy (non-hydrogen) atoms. The summed E-state index contributed by atoms with van der Waals surface area (Å²) in [6.07, 6.45) is 4.25. The molecule has 0 N–H and O–H groups in total. The number of sulfone groups is 1. The second-order valence-electron chi connectivity index (χ2n) is 7.77. The second kappa shape index (κ2) is 9.39. The van der Waals surface area contributed by atoms with Crippen LogP contribution in [0.3, 0.4) is 0 Å². The van der Waals surface area contributed by atoms with Gasteiger partial charge in [-0.15, -0.1) is 0 Å². The first-order chi connectivity index (χ1) is 13.3. The molecular formula is C20H27BrN2O4S. The van der Waals surface area contributed by atoms with Gasteiger partial charge in [0.2, 0.25) is 11.8 Å². The number of carbonyl (C=O) groups is 2. The zero-order valence-electron chi connectivity index (χ0n) is 16.0. The molecule has 0 unspecified atom stereocenters. The van der Waals surface area contributed by atoms with Crippen LogP contribution in [0.1, 0.15) is 37.7 Å². The number of halogens is 1. The molecular weight excluding hydrogens is 444 g/mol. The van der Waals surface area contributed by atoms with E-state index in [1.807, 2.05) is 4.90 Å². The number of benzene rings is 1. The molecule has 0 saturated carbocycles. The Morgan fingerprint density at radius 3 is 2.11 bits per heavy atom. The van der Waals surface area contributed by atoms with E-state index in [9.17, 15) is 18.0 Å². The quantitative estimate of drug-likeness (QED) is 0.640. The van der Waals surface area contributed by atoms with Gasteiger partial charge >= 0.3 is 0 Å². The molecule has 1 aromatic rings. The molecule has 6 nitrogen and oxygen atoms in total. The summed E-state index contributed by atoms with van der Waals surface area (Å²) in [5.74, 6) is -0.412. The summed E-state index contributed by atoms with van der Waals surface area (Å²) in [6.45, 7) is 2.80. The number of likely N-dealkylation sites (tertiary alicyclic amines) is 2. The molecule has 154 valence electrons. The minimum absolute atomic E-state index is 0.132. The lowest BCUT2D eigenvalue weighted by atomic mass is 9.93. The van der Waals surface area contributed by atoms with Gasteiger partial charge in [-0.05, 0) is 49.3 Å². The first kappa shape index (κ1) is 21.3. The van der Waals surface area contributed by atoms with E-state index in [1.54, 1.807) is 29.2 Å². The van der Waals surface area contributed by atoms with Crippen molar-refractivity contribution < 1.29 is 18.0 Å². The highest BCUT2D eigenvalue weighted by Gasteiger charge is 2.29. The van der Waals surface area contributed by atoms with E-state index in [0.717, 1.165) is 43.2 Å². The third-order valence-electron chi connectivity index (χ3n) is 5.53. The van der Waals surface area contributed by atoms with E-state index in [2.05, 4.69) is 15.9 Å². The number of hydrogen-bond acceptors (Lipinski definition) is 4. The van der Waals surface area contributed by atoms with Gasteiger partial charge in [0, 0.05) is 37.1 Å². The number of rotatable bonds is 6. The fraction of sp³-hybridized carbons (Fsp3) is 0.600. The van der Waals surface area contributed by atoms with Crippen molar-refractivity contribution in [3.63, 3.8) is 0 Å². The van der Waals surface area contributed by atoms with E-state index in [4.69, 9.17) is 0 Å². The molecule has 3 rings (SSSR count). The van der Waals surface area contributed by atoms with Crippen LogP contribution in [0.25, 0.3) is 0 Å². The second-order valence-corrected chi connectivity index (χ2v) is 10.8. The van der Waals surface area contributed by atoms with Crippen LogP contribution in [-0.2, 0) is 25.2 Å². The van der Waals surface area contributed by atoms with Crippen LogP contribution >= 0.6 is 15.9 Å². The van der Waals surface area contributed by atoms with E-state index >= 15 is 0 Å². The van der Waals surface area contributed by atoms with E-state index in [1.165, 1.54) is 0 Å². The fourth-order valence-electron chi connectivity index (χ4n) is 3.89. The molecule has 2 aliphatic heterocycles. The van der Waals surface area contributed by atoms with Crippen LogP contribution in [0, 0.1) is 5.92 Å². The van der Waals surface area contributed by atoms with Crippen molar-refractivity contribution in [2.45, 2.75) is 37.9 Å². The summed E-state index contributed by atoms with van der Waals surface area (Å²) in [6, 6.07) is 7.08. The largest absolute Gasteiger partial charge is 0.343 e. The highest BCUT2D eigenvalue weighted by Crippen LogP contribution is 2.23.